The van der Waals surface area contributed by atoms with E-state index in [-0.39, 0.29) is 31.3 Å². The van der Waals surface area contributed by atoms with E-state index in [4.69, 9.17) is 4.74 Å². The summed E-state index contributed by atoms with van der Waals surface area (Å²) in [5.41, 5.74) is 0.912. The van der Waals surface area contributed by atoms with Crippen LogP contribution < -0.4 is 0 Å². The SMILES string of the molecule is CC(C)N(C(C)C)C1CC(C(=O)O)CN(C(=O)OCc2ccccc2)C1. The van der Waals surface area contributed by atoms with Crippen LogP contribution in [0.5, 0.6) is 0 Å². The predicted octanol–water partition coefficient (Wildman–Crippen LogP) is 3.22. The number of likely N-dealkylation sites (tertiary alicyclic amines) is 1. The molecule has 0 bridgehead atoms. The van der Waals surface area contributed by atoms with E-state index in [1.54, 1.807) is 4.90 Å². The van der Waals surface area contributed by atoms with Crippen molar-refractivity contribution in [3.8, 4) is 0 Å². The molecule has 6 nitrogen and oxygen atoms in total. The van der Waals surface area contributed by atoms with E-state index in [9.17, 15) is 14.7 Å². The molecule has 1 aliphatic heterocycles. The van der Waals surface area contributed by atoms with Crippen LogP contribution in [0.15, 0.2) is 30.3 Å². The van der Waals surface area contributed by atoms with Gasteiger partial charge in [0, 0.05) is 31.2 Å². The highest BCUT2D eigenvalue weighted by Crippen LogP contribution is 2.25. The molecule has 1 heterocycles. The van der Waals surface area contributed by atoms with Crippen molar-refractivity contribution in [3.05, 3.63) is 35.9 Å². The van der Waals surface area contributed by atoms with E-state index in [2.05, 4.69) is 32.6 Å². The minimum atomic E-state index is -0.858. The van der Waals surface area contributed by atoms with Gasteiger partial charge < -0.3 is 14.7 Å². The van der Waals surface area contributed by atoms with E-state index < -0.39 is 18.0 Å². The van der Waals surface area contributed by atoms with Gasteiger partial charge in [0.05, 0.1) is 5.92 Å². The number of hydrogen-bond acceptors (Lipinski definition) is 4. The molecule has 0 aliphatic carbocycles. The summed E-state index contributed by atoms with van der Waals surface area (Å²) < 4.78 is 5.42. The molecule has 1 N–H and O–H groups in total. The fourth-order valence-corrected chi connectivity index (χ4v) is 3.87. The van der Waals surface area contributed by atoms with Gasteiger partial charge in [0.2, 0.25) is 0 Å². The summed E-state index contributed by atoms with van der Waals surface area (Å²) in [6.07, 6.45) is 0.103. The van der Waals surface area contributed by atoms with Crippen molar-refractivity contribution in [2.75, 3.05) is 13.1 Å². The number of amides is 1. The molecular formula is C20H30N2O4. The average molecular weight is 362 g/mol. The van der Waals surface area contributed by atoms with Gasteiger partial charge in [-0.1, -0.05) is 30.3 Å². The zero-order chi connectivity index (χ0) is 19.3. The number of piperidine rings is 1. The first kappa shape index (κ1) is 20.2. The summed E-state index contributed by atoms with van der Waals surface area (Å²) in [6.45, 7) is 9.28. The van der Waals surface area contributed by atoms with Crippen molar-refractivity contribution in [2.24, 2.45) is 5.92 Å². The number of aliphatic carboxylic acids is 1. The maximum absolute atomic E-state index is 12.5. The van der Waals surface area contributed by atoms with Gasteiger partial charge >= 0.3 is 12.1 Å². The lowest BCUT2D eigenvalue weighted by Gasteiger charge is -2.44. The molecule has 1 aromatic carbocycles. The van der Waals surface area contributed by atoms with Crippen molar-refractivity contribution in [3.63, 3.8) is 0 Å². The number of hydrogen-bond donors (Lipinski definition) is 1. The number of carboxylic acid groups (broad SMARTS) is 1. The normalized spacial score (nSPS) is 20.7. The summed E-state index contributed by atoms with van der Waals surface area (Å²) in [6, 6.07) is 10.0. The van der Waals surface area contributed by atoms with Crippen LogP contribution in [-0.2, 0) is 16.1 Å². The number of rotatable bonds is 6. The third kappa shape index (κ3) is 5.21. The topological polar surface area (TPSA) is 70.1 Å². The molecule has 26 heavy (non-hydrogen) atoms. The first-order chi connectivity index (χ1) is 12.3. The van der Waals surface area contributed by atoms with Gasteiger partial charge in [-0.2, -0.15) is 0 Å². The standard InChI is InChI=1S/C20H30N2O4/c1-14(2)22(15(3)4)18-10-17(19(23)24)11-21(12-18)20(25)26-13-16-8-6-5-7-9-16/h5-9,14-15,17-18H,10-13H2,1-4H3,(H,23,24). The largest absolute Gasteiger partial charge is 0.481 e. The Morgan fingerprint density at radius 3 is 2.31 bits per heavy atom. The summed E-state index contributed by atoms with van der Waals surface area (Å²) in [5.74, 6) is -1.43. The maximum atomic E-state index is 12.5. The van der Waals surface area contributed by atoms with Gasteiger partial charge in [0.1, 0.15) is 6.61 Å². The Bertz CT molecular complexity index is 595. The molecule has 2 rings (SSSR count). The van der Waals surface area contributed by atoms with Crippen molar-refractivity contribution in [1.82, 2.24) is 9.80 Å². The molecule has 0 radical (unpaired) electrons. The fraction of sp³-hybridized carbons (Fsp3) is 0.600. The smallest absolute Gasteiger partial charge is 0.410 e. The molecule has 0 saturated carbocycles. The third-order valence-electron chi connectivity index (χ3n) is 4.86. The number of carbonyl (C=O) groups is 2. The number of carboxylic acids is 1. The lowest BCUT2D eigenvalue weighted by molar-refractivity contribution is -0.144. The van der Waals surface area contributed by atoms with Crippen molar-refractivity contribution in [2.45, 2.75) is 58.8 Å². The van der Waals surface area contributed by atoms with Crippen LogP contribution in [0.2, 0.25) is 0 Å². The van der Waals surface area contributed by atoms with Crippen LogP contribution in [0, 0.1) is 5.92 Å². The molecule has 0 aromatic heterocycles. The van der Waals surface area contributed by atoms with E-state index in [1.807, 2.05) is 30.3 Å². The van der Waals surface area contributed by atoms with Crippen LogP contribution >= 0.6 is 0 Å². The molecule has 6 heteroatoms. The zero-order valence-electron chi connectivity index (χ0n) is 16.1. The Labute approximate surface area is 155 Å². The minimum Gasteiger partial charge on any atom is -0.481 e. The average Bonchev–Trinajstić information content (AvgIpc) is 2.59. The number of ether oxygens (including phenoxy) is 1. The van der Waals surface area contributed by atoms with Crippen LogP contribution in [0.3, 0.4) is 0 Å². The van der Waals surface area contributed by atoms with Crippen LogP contribution in [0.25, 0.3) is 0 Å². The minimum absolute atomic E-state index is 0.00845. The molecule has 1 aromatic rings. The number of carbonyl (C=O) groups excluding carboxylic acids is 1. The lowest BCUT2D eigenvalue weighted by atomic mass is 9.92. The lowest BCUT2D eigenvalue weighted by Crippen LogP contribution is -2.57. The monoisotopic (exact) mass is 362 g/mol. The predicted molar refractivity (Wildman–Crippen MR) is 99.8 cm³/mol. The molecule has 144 valence electrons. The Morgan fingerprint density at radius 2 is 1.77 bits per heavy atom. The second-order valence-electron chi connectivity index (χ2n) is 7.50. The fourth-order valence-electron chi connectivity index (χ4n) is 3.87. The Kier molecular flexibility index (Phi) is 7.03. The first-order valence-corrected chi connectivity index (χ1v) is 9.25. The van der Waals surface area contributed by atoms with E-state index >= 15 is 0 Å². The highest BCUT2D eigenvalue weighted by molar-refractivity contribution is 5.73. The molecule has 0 spiro atoms. The molecule has 1 amide bonds. The zero-order valence-corrected chi connectivity index (χ0v) is 16.1. The quantitative estimate of drug-likeness (QED) is 0.841. The molecule has 1 aliphatic rings. The molecule has 1 fully saturated rings. The Hall–Kier alpha value is -2.08. The molecular weight excluding hydrogens is 332 g/mol. The number of nitrogens with zero attached hydrogens (tertiary/aromatic N) is 2. The molecule has 2 unspecified atom stereocenters. The summed E-state index contributed by atoms with van der Waals surface area (Å²) >= 11 is 0. The van der Waals surface area contributed by atoms with Gasteiger partial charge in [0.25, 0.3) is 0 Å². The van der Waals surface area contributed by atoms with Crippen molar-refractivity contribution < 1.29 is 19.4 Å². The maximum Gasteiger partial charge on any atom is 0.410 e. The third-order valence-corrected chi connectivity index (χ3v) is 4.86. The second-order valence-corrected chi connectivity index (χ2v) is 7.50. The summed E-state index contributed by atoms with van der Waals surface area (Å²) in [7, 11) is 0. The molecule has 1 saturated heterocycles. The van der Waals surface area contributed by atoms with Crippen LogP contribution in [-0.4, -0.2) is 58.2 Å². The van der Waals surface area contributed by atoms with Gasteiger partial charge in [0.15, 0.2) is 0 Å². The highest BCUT2D eigenvalue weighted by Gasteiger charge is 2.38. The Balaban J connectivity index is 2.08. The van der Waals surface area contributed by atoms with Gasteiger partial charge in [-0.05, 0) is 39.7 Å². The van der Waals surface area contributed by atoms with Gasteiger partial charge in [-0.3, -0.25) is 9.69 Å². The van der Waals surface area contributed by atoms with Crippen molar-refractivity contribution >= 4 is 12.1 Å². The van der Waals surface area contributed by atoms with E-state index in [1.165, 1.54) is 0 Å². The van der Waals surface area contributed by atoms with E-state index in [0.717, 1.165) is 5.56 Å². The Morgan fingerprint density at radius 1 is 1.15 bits per heavy atom. The van der Waals surface area contributed by atoms with Crippen LogP contribution in [0.1, 0.15) is 39.7 Å². The highest BCUT2D eigenvalue weighted by atomic mass is 16.6. The van der Waals surface area contributed by atoms with E-state index in [0.29, 0.717) is 13.0 Å². The summed E-state index contributed by atoms with van der Waals surface area (Å²) in [5, 5.41) is 9.53. The van der Waals surface area contributed by atoms with Gasteiger partial charge in [-0.15, -0.1) is 0 Å². The number of benzene rings is 1. The van der Waals surface area contributed by atoms with Crippen LogP contribution in [0.4, 0.5) is 4.79 Å². The summed E-state index contributed by atoms with van der Waals surface area (Å²) in [4.78, 5) is 28.0. The van der Waals surface area contributed by atoms with Gasteiger partial charge in [-0.25, -0.2) is 4.79 Å². The first-order valence-electron chi connectivity index (χ1n) is 9.25. The second kappa shape index (κ2) is 9.03. The van der Waals surface area contributed by atoms with Crippen molar-refractivity contribution in [1.29, 1.82) is 0 Å². The molecule has 2 atom stereocenters.